The van der Waals surface area contributed by atoms with E-state index in [1.165, 1.54) is 5.56 Å². The summed E-state index contributed by atoms with van der Waals surface area (Å²) in [5.74, 6) is 0.476. The van der Waals surface area contributed by atoms with Crippen molar-refractivity contribution < 1.29 is 9.53 Å². The number of piperidine rings is 1. The van der Waals surface area contributed by atoms with Crippen LogP contribution in [0.1, 0.15) is 24.0 Å². The van der Waals surface area contributed by atoms with Crippen LogP contribution in [0.3, 0.4) is 0 Å². The summed E-state index contributed by atoms with van der Waals surface area (Å²) in [6.45, 7) is 1.87. The molecule has 1 fully saturated rings. The Hall–Kier alpha value is -2.00. The number of hydrogen-bond acceptors (Lipinski definition) is 2. The number of hydrogen-bond donors (Lipinski definition) is 0. The van der Waals surface area contributed by atoms with E-state index >= 15 is 0 Å². The highest BCUT2D eigenvalue weighted by Crippen LogP contribution is 2.22. The Morgan fingerprint density at radius 3 is 2.58 bits per heavy atom. The second kappa shape index (κ2) is 8.20. The van der Waals surface area contributed by atoms with Crippen LogP contribution in [-0.2, 0) is 17.8 Å². The summed E-state index contributed by atoms with van der Waals surface area (Å²) in [5.41, 5.74) is 2.28. The second-order valence-electron chi connectivity index (χ2n) is 6.33. The van der Waals surface area contributed by atoms with Gasteiger partial charge in [0, 0.05) is 18.1 Å². The molecular formula is C20H22ClNO2. The summed E-state index contributed by atoms with van der Waals surface area (Å²) in [6.07, 6.45) is 2.93. The van der Waals surface area contributed by atoms with Crippen molar-refractivity contribution >= 4 is 17.7 Å². The number of amides is 1. The van der Waals surface area contributed by atoms with Gasteiger partial charge in [0.25, 0.3) is 0 Å². The first-order valence-electron chi connectivity index (χ1n) is 8.41. The van der Waals surface area contributed by atoms with E-state index in [0.29, 0.717) is 12.5 Å². The zero-order valence-corrected chi connectivity index (χ0v) is 14.4. The number of rotatable bonds is 4. The number of benzene rings is 2. The molecule has 2 aromatic rings. The zero-order chi connectivity index (χ0) is 16.8. The Morgan fingerprint density at radius 1 is 1.08 bits per heavy atom. The van der Waals surface area contributed by atoms with Crippen molar-refractivity contribution in [2.45, 2.75) is 25.9 Å². The molecule has 4 heteroatoms. The van der Waals surface area contributed by atoms with Crippen LogP contribution in [0.2, 0.25) is 5.02 Å². The van der Waals surface area contributed by atoms with Gasteiger partial charge >= 0.3 is 6.09 Å². The molecule has 126 valence electrons. The third-order valence-electron chi connectivity index (χ3n) is 4.42. The third-order valence-corrected chi connectivity index (χ3v) is 4.67. The SMILES string of the molecule is O=C(OCc1ccccc1)N1CCCC(Cc2ccc(Cl)cc2)C1. The first kappa shape index (κ1) is 16.8. The Bertz CT molecular complexity index is 657. The number of carbonyl (C=O) groups excluding carboxylic acids is 1. The Kier molecular flexibility index (Phi) is 5.76. The summed E-state index contributed by atoms with van der Waals surface area (Å²) < 4.78 is 5.45. The summed E-state index contributed by atoms with van der Waals surface area (Å²) in [7, 11) is 0. The van der Waals surface area contributed by atoms with Crippen LogP contribution in [0.15, 0.2) is 54.6 Å². The molecular weight excluding hydrogens is 322 g/mol. The molecule has 24 heavy (non-hydrogen) atoms. The van der Waals surface area contributed by atoms with Gasteiger partial charge in [-0.05, 0) is 48.4 Å². The third kappa shape index (κ3) is 4.75. The predicted octanol–water partition coefficient (Wildman–Crippen LogP) is 4.93. The lowest BCUT2D eigenvalue weighted by molar-refractivity contribution is 0.0790. The maximum Gasteiger partial charge on any atom is 0.410 e. The van der Waals surface area contributed by atoms with E-state index in [-0.39, 0.29) is 6.09 Å². The van der Waals surface area contributed by atoms with Gasteiger partial charge in [-0.2, -0.15) is 0 Å². The number of nitrogens with zero attached hydrogens (tertiary/aromatic N) is 1. The highest BCUT2D eigenvalue weighted by Gasteiger charge is 2.24. The molecule has 3 nitrogen and oxygen atoms in total. The van der Waals surface area contributed by atoms with Gasteiger partial charge in [0.1, 0.15) is 6.61 Å². The van der Waals surface area contributed by atoms with E-state index in [2.05, 4.69) is 12.1 Å². The van der Waals surface area contributed by atoms with Crippen LogP contribution in [-0.4, -0.2) is 24.1 Å². The fourth-order valence-corrected chi connectivity index (χ4v) is 3.29. The highest BCUT2D eigenvalue weighted by atomic mass is 35.5. The van der Waals surface area contributed by atoms with Crippen molar-refractivity contribution in [3.05, 3.63) is 70.7 Å². The molecule has 1 atom stereocenters. The van der Waals surface area contributed by atoms with Crippen molar-refractivity contribution in [3.63, 3.8) is 0 Å². The average Bonchev–Trinajstić information content (AvgIpc) is 2.63. The van der Waals surface area contributed by atoms with Crippen molar-refractivity contribution in [2.75, 3.05) is 13.1 Å². The molecule has 0 bridgehead atoms. The molecule has 1 heterocycles. The zero-order valence-electron chi connectivity index (χ0n) is 13.7. The van der Waals surface area contributed by atoms with Crippen molar-refractivity contribution in [2.24, 2.45) is 5.92 Å². The molecule has 0 aromatic heterocycles. The molecule has 1 aliphatic rings. The molecule has 0 radical (unpaired) electrons. The molecule has 0 aliphatic carbocycles. The van der Waals surface area contributed by atoms with Gasteiger partial charge < -0.3 is 9.64 Å². The number of halogens is 1. The normalized spacial score (nSPS) is 17.5. The largest absolute Gasteiger partial charge is 0.445 e. The minimum absolute atomic E-state index is 0.209. The lowest BCUT2D eigenvalue weighted by Crippen LogP contribution is -2.40. The van der Waals surface area contributed by atoms with Crippen molar-refractivity contribution in [1.82, 2.24) is 4.90 Å². The average molecular weight is 344 g/mol. The maximum absolute atomic E-state index is 12.3. The predicted molar refractivity (Wildman–Crippen MR) is 96.1 cm³/mol. The minimum atomic E-state index is -0.209. The van der Waals surface area contributed by atoms with Crippen molar-refractivity contribution in [1.29, 1.82) is 0 Å². The summed E-state index contributed by atoms with van der Waals surface area (Å²) >= 11 is 5.94. The summed E-state index contributed by atoms with van der Waals surface area (Å²) in [4.78, 5) is 14.1. The summed E-state index contributed by atoms with van der Waals surface area (Å²) in [6, 6.07) is 17.8. The molecule has 1 aliphatic heterocycles. The lowest BCUT2D eigenvalue weighted by atomic mass is 9.91. The standard InChI is InChI=1S/C20H22ClNO2/c21-19-10-8-16(9-11-19)13-18-7-4-12-22(14-18)20(23)24-15-17-5-2-1-3-6-17/h1-3,5-6,8-11,18H,4,7,12-15H2. The van der Waals surface area contributed by atoms with Gasteiger partial charge in [0.2, 0.25) is 0 Å². The van der Waals surface area contributed by atoms with Crippen LogP contribution in [0.25, 0.3) is 0 Å². The van der Waals surface area contributed by atoms with Crippen LogP contribution < -0.4 is 0 Å². The first-order chi connectivity index (χ1) is 11.7. The number of carbonyl (C=O) groups is 1. The van der Waals surface area contributed by atoms with E-state index in [4.69, 9.17) is 16.3 Å². The number of likely N-dealkylation sites (tertiary alicyclic amines) is 1. The minimum Gasteiger partial charge on any atom is -0.445 e. The smallest absolute Gasteiger partial charge is 0.410 e. The van der Waals surface area contributed by atoms with Crippen molar-refractivity contribution in [3.8, 4) is 0 Å². The molecule has 2 aromatic carbocycles. The summed E-state index contributed by atoms with van der Waals surface area (Å²) in [5, 5.41) is 0.758. The van der Waals surface area contributed by atoms with Gasteiger partial charge in [-0.3, -0.25) is 0 Å². The molecule has 3 rings (SSSR count). The molecule has 0 saturated carbocycles. The van der Waals surface area contributed by atoms with Crippen LogP contribution in [0.4, 0.5) is 4.79 Å². The highest BCUT2D eigenvalue weighted by molar-refractivity contribution is 6.30. The van der Waals surface area contributed by atoms with Crippen LogP contribution >= 0.6 is 11.6 Å². The van der Waals surface area contributed by atoms with E-state index in [9.17, 15) is 4.79 Å². The quantitative estimate of drug-likeness (QED) is 0.787. The fourth-order valence-electron chi connectivity index (χ4n) is 3.16. The lowest BCUT2D eigenvalue weighted by Gasteiger charge is -2.32. The monoisotopic (exact) mass is 343 g/mol. The Labute approximate surface area is 148 Å². The van der Waals surface area contributed by atoms with E-state index in [0.717, 1.165) is 42.9 Å². The second-order valence-corrected chi connectivity index (χ2v) is 6.76. The van der Waals surface area contributed by atoms with Crippen LogP contribution in [0, 0.1) is 5.92 Å². The Morgan fingerprint density at radius 2 is 1.83 bits per heavy atom. The topological polar surface area (TPSA) is 29.5 Å². The van der Waals surface area contributed by atoms with Gasteiger partial charge in [-0.15, -0.1) is 0 Å². The van der Waals surface area contributed by atoms with E-state index in [1.54, 1.807) is 0 Å². The van der Waals surface area contributed by atoms with Crippen LogP contribution in [0.5, 0.6) is 0 Å². The molecule has 1 saturated heterocycles. The first-order valence-corrected chi connectivity index (χ1v) is 8.78. The van der Waals surface area contributed by atoms with Gasteiger partial charge in [0.15, 0.2) is 0 Å². The maximum atomic E-state index is 12.3. The molecule has 0 spiro atoms. The van der Waals surface area contributed by atoms with Gasteiger partial charge in [-0.1, -0.05) is 54.1 Å². The molecule has 0 N–H and O–H groups in total. The van der Waals surface area contributed by atoms with E-state index < -0.39 is 0 Å². The Balaban J connectivity index is 1.51. The van der Waals surface area contributed by atoms with Gasteiger partial charge in [0.05, 0.1) is 0 Å². The molecule has 1 amide bonds. The molecule has 1 unspecified atom stereocenters. The van der Waals surface area contributed by atoms with E-state index in [1.807, 2.05) is 47.4 Å². The fraction of sp³-hybridized carbons (Fsp3) is 0.350. The number of ether oxygens (including phenoxy) is 1. The van der Waals surface area contributed by atoms with Gasteiger partial charge in [-0.25, -0.2) is 4.79 Å².